The number of anilines is 1. The van der Waals surface area contributed by atoms with Crippen molar-refractivity contribution in [2.24, 2.45) is 5.10 Å². The molecule has 0 N–H and O–H groups in total. The van der Waals surface area contributed by atoms with Gasteiger partial charge in [0.05, 0.1) is 31.1 Å². The summed E-state index contributed by atoms with van der Waals surface area (Å²) >= 11 is 0. The maximum Gasteiger partial charge on any atom is 0.257 e. The van der Waals surface area contributed by atoms with E-state index in [1.54, 1.807) is 24.3 Å². The molecule has 35 heavy (non-hydrogen) atoms. The zero-order valence-electron chi connectivity index (χ0n) is 19.8. The summed E-state index contributed by atoms with van der Waals surface area (Å²) in [6.45, 7) is 3.03. The zero-order valence-corrected chi connectivity index (χ0v) is 19.8. The molecule has 0 bridgehead atoms. The van der Waals surface area contributed by atoms with Gasteiger partial charge >= 0.3 is 0 Å². The smallest absolute Gasteiger partial charge is 0.257 e. The van der Waals surface area contributed by atoms with Crippen molar-refractivity contribution < 1.29 is 13.9 Å². The van der Waals surface area contributed by atoms with Crippen LogP contribution in [0.15, 0.2) is 84.0 Å². The predicted octanol–water partition coefficient (Wildman–Crippen LogP) is 4.33. The molecular weight excluding hydrogens is 443 g/mol. The van der Waals surface area contributed by atoms with Crippen molar-refractivity contribution >= 4 is 17.3 Å². The number of halogens is 1. The molecule has 0 aromatic heterocycles. The Morgan fingerprint density at radius 3 is 2.31 bits per heavy atom. The lowest BCUT2D eigenvalue weighted by Crippen LogP contribution is -2.49. The van der Waals surface area contributed by atoms with Gasteiger partial charge in [0.15, 0.2) is 0 Å². The SMILES string of the molecule is COc1ccc(C2=NN(C(=O)CN3CCN(c4ccccc4F)CC3)C(c3ccccc3)C2)cc1. The van der Waals surface area contributed by atoms with Crippen LogP contribution >= 0.6 is 0 Å². The number of benzene rings is 3. The fourth-order valence-electron chi connectivity index (χ4n) is 4.75. The Balaban J connectivity index is 1.29. The van der Waals surface area contributed by atoms with Gasteiger partial charge in [-0.15, -0.1) is 0 Å². The summed E-state index contributed by atoms with van der Waals surface area (Å²) in [4.78, 5) is 17.6. The molecule has 180 valence electrons. The number of carbonyl (C=O) groups excluding carboxylic acids is 1. The molecule has 2 heterocycles. The normalized spacial score (nSPS) is 18.5. The van der Waals surface area contributed by atoms with Crippen LogP contribution in [0.25, 0.3) is 0 Å². The Bertz CT molecular complexity index is 1190. The molecule has 1 fully saturated rings. The number of hydrazone groups is 1. The molecule has 0 aliphatic carbocycles. The molecule has 1 atom stereocenters. The lowest BCUT2D eigenvalue weighted by atomic mass is 9.98. The van der Waals surface area contributed by atoms with Crippen LogP contribution in [-0.2, 0) is 4.79 Å². The average molecular weight is 473 g/mol. The zero-order chi connectivity index (χ0) is 24.2. The van der Waals surface area contributed by atoms with Crippen LogP contribution in [0, 0.1) is 5.82 Å². The molecule has 1 amide bonds. The summed E-state index contributed by atoms with van der Waals surface area (Å²) in [7, 11) is 1.64. The van der Waals surface area contributed by atoms with E-state index in [0.717, 1.165) is 22.6 Å². The van der Waals surface area contributed by atoms with Gasteiger partial charge in [0.25, 0.3) is 5.91 Å². The van der Waals surface area contributed by atoms with E-state index in [4.69, 9.17) is 9.84 Å². The van der Waals surface area contributed by atoms with Crippen molar-refractivity contribution in [3.63, 3.8) is 0 Å². The van der Waals surface area contributed by atoms with Crippen LogP contribution in [0.3, 0.4) is 0 Å². The number of nitrogens with zero attached hydrogens (tertiary/aromatic N) is 4. The molecule has 0 radical (unpaired) electrons. The third-order valence-electron chi connectivity index (χ3n) is 6.70. The van der Waals surface area contributed by atoms with Gasteiger partial charge in [-0.05, 0) is 47.5 Å². The van der Waals surface area contributed by atoms with E-state index in [2.05, 4.69) is 4.90 Å². The quantitative estimate of drug-likeness (QED) is 0.536. The molecule has 3 aromatic carbocycles. The van der Waals surface area contributed by atoms with Gasteiger partial charge in [-0.2, -0.15) is 5.10 Å². The standard InChI is InChI=1S/C28H29FN4O2/c1-35-23-13-11-21(12-14-23)25-19-27(22-7-3-2-4-8-22)33(30-25)28(34)20-31-15-17-32(18-16-31)26-10-6-5-9-24(26)29/h2-14,27H,15-20H2,1H3. The molecule has 7 heteroatoms. The molecule has 0 saturated carbocycles. The van der Waals surface area contributed by atoms with E-state index >= 15 is 0 Å². The van der Waals surface area contributed by atoms with E-state index in [9.17, 15) is 9.18 Å². The van der Waals surface area contributed by atoms with E-state index in [0.29, 0.717) is 38.3 Å². The van der Waals surface area contributed by atoms with Crippen molar-refractivity contribution in [2.45, 2.75) is 12.5 Å². The number of ether oxygens (including phenoxy) is 1. The second kappa shape index (κ2) is 10.3. The summed E-state index contributed by atoms with van der Waals surface area (Å²) in [5, 5.41) is 6.44. The van der Waals surface area contributed by atoms with Gasteiger partial charge in [0.2, 0.25) is 0 Å². The van der Waals surface area contributed by atoms with Crippen LogP contribution in [-0.4, -0.2) is 61.4 Å². The average Bonchev–Trinajstić information content (AvgIpc) is 3.36. The van der Waals surface area contributed by atoms with E-state index in [1.807, 2.05) is 65.6 Å². The number of rotatable bonds is 6. The Morgan fingerprint density at radius 2 is 1.63 bits per heavy atom. The van der Waals surface area contributed by atoms with Gasteiger partial charge in [0.1, 0.15) is 11.6 Å². The molecule has 6 nitrogen and oxygen atoms in total. The van der Waals surface area contributed by atoms with Crippen LogP contribution < -0.4 is 9.64 Å². The van der Waals surface area contributed by atoms with Crippen molar-refractivity contribution in [3.8, 4) is 5.75 Å². The molecule has 0 spiro atoms. The first kappa shape index (κ1) is 23.1. The van der Waals surface area contributed by atoms with Crippen LogP contribution in [0.4, 0.5) is 10.1 Å². The van der Waals surface area contributed by atoms with Gasteiger partial charge in [0, 0.05) is 32.6 Å². The second-order valence-corrected chi connectivity index (χ2v) is 8.86. The highest BCUT2D eigenvalue weighted by atomic mass is 19.1. The van der Waals surface area contributed by atoms with E-state index in [1.165, 1.54) is 6.07 Å². The summed E-state index contributed by atoms with van der Waals surface area (Å²) in [5.74, 6) is 0.552. The van der Waals surface area contributed by atoms with Gasteiger partial charge in [-0.25, -0.2) is 9.40 Å². The maximum absolute atomic E-state index is 14.2. The van der Waals surface area contributed by atoms with Crippen LogP contribution in [0.5, 0.6) is 5.75 Å². The predicted molar refractivity (Wildman–Crippen MR) is 135 cm³/mol. The first-order valence-electron chi connectivity index (χ1n) is 11.9. The van der Waals surface area contributed by atoms with E-state index in [-0.39, 0.29) is 24.3 Å². The Morgan fingerprint density at radius 1 is 0.943 bits per heavy atom. The highest BCUT2D eigenvalue weighted by Crippen LogP contribution is 2.33. The van der Waals surface area contributed by atoms with E-state index < -0.39 is 0 Å². The Labute approximate surface area is 205 Å². The van der Waals surface area contributed by atoms with Crippen LogP contribution in [0.1, 0.15) is 23.6 Å². The summed E-state index contributed by atoms with van der Waals surface area (Å²) < 4.78 is 19.4. The summed E-state index contributed by atoms with van der Waals surface area (Å²) in [6.07, 6.45) is 0.656. The number of methoxy groups -OCH3 is 1. The van der Waals surface area contributed by atoms with Crippen LogP contribution in [0.2, 0.25) is 0 Å². The van der Waals surface area contributed by atoms with Gasteiger partial charge in [-0.3, -0.25) is 9.69 Å². The lowest BCUT2D eigenvalue weighted by Gasteiger charge is -2.36. The molecule has 1 saturated heterocycles. The monoisotopic (exact) mass is 472 g/mol. The number of carbonyl (C=O) groups is 1. The molecule has 2 aliphatic heterocycles. The minimum atomic E-state index is -0.208. The first-order chi connectivity index (χ1) is 17.1. The topological polar surface area (TPSA) is 48.4 Å². The minimum absolute atomic E-state index is 0.0262. The van der Waals surface area contributed by atoms with Crippen molar-refractivity contribution in [1.29, 1.82) is 0 Å². The van der Waals surface area contributed by atoms with Crippen molar-refractivity contribution in [1.82, 2.24) is 9.91 Å². The fraction of sp³-hybridized carbons (Fsp3) is 0.286. The molecule has 1 unspecified atom stereocenters. The molecule has 2 aliphatic rings. The second-order valence-electron chi connectivity index (χ2n) is 8.86. The fourth-order valence-corrected chi connectivity index (χ4v) is 4.75. The minimum Gasteiger partial charge on any atom is -0.497 e. The van der Waals surface area contributed by atoms with Crippen molar-refractivity contribution in [3.05, 3.63) is 95.8 Å². The largest absolute Gasteiger partial charge is 0.497 e. The number of piperazine rings is 1. The number of hydrogen-bond acceptors (Lipinski definition) is 5. The highest BCUT2D eigenvalue weighted by Gasteiger charge is 2.34. The summed E-state index contributed by atoms with van der Waals surface area (Å²) in [6, 6.07) is 24.5. The third kappa shape index (κ3) is 5.05. The first-order valence-corrected chi connectivity index (χ1v) is 11.9. The highest BCUT2D eigenvalue weighted by molar-refractivity contribution is 6.03. The van der Waals surface area contributed by atoms with Gasteiger partial charge in [-0.1, -0.05) is 42.5 Å². The third-order valence-corrected chi connectivity index (χ3v) is 6.70. The number of hydrogen-bond donors (Lipinski definition) is 0. The molecular formula is C28H29FN4O2. The molecule has 3 aromatic rings. The maximum atomic E-state index is 14.2. The van der Waals surface area contributed by atoms with Gasteiger partial charge < -0.3 is 9.64 Å². The number of amides is 1. The Kier molecular flexibility index (Phi) is 6.77. The summed E-state index contributed by atoms with van der Waals surface area (Å²) in [5.41, 5.74) is 3.56. The van der Waals surface area contributed by atoms with Crippen molar-refractivity contribution in [2.75, 3.05) is 44.7 Å². The Hall–Kier alpha value is -3.71. The molecule has 5 rings (SSSR count). The number of para-hydroxylation sites is 1. The lowest BCUT2D eigenvalue weighted by molar-refractivity contribution is -0.134.